The molecule has 0 spiro atoms. The zero-order chi connectivity index (χ0) is 7.11. The second kappa shape index (κ2) is 9.38. The number of Topliss-reactive ketones (excluding diaryl/α,β-unsaturated/α-hetero) is 1. The van der Waals surface area contributed by atoms with Crippen LogP contribution in [0.1, 0.15) is 46.0 Å². The molecule has 0 aromatic heterocycles. The van der Waals surface area contributed by atoms with Gasteiger partial charge in [0.15, 0.2) is 0 Å². The molecule has 0 radical (unpaired) electrons. The molecule has 0 aliphatic heterocycles. The van der Waals surface area contributed by atoms with Gasteiger partial charge in [0.1, 0.15) is 5.78 Å². The van der Waals surface area contributed by atoms with Crippen molar-refractivity contribution in [3.63, 3.8) is 0 Å². The monoisotopic (exact) mass is 176 g/mol. The van der Waals surface area contributed by atoms with Crippen molar-refractivity contribution in [2.24, 2.45) is 0 Å². The number of rotatable bonds is 5. The van der Waals surface area contributed by atoms with Crippen molar-refractivity contribution in [1.82, 2.24) is 0 Å². The Bertz CT molecular complexity index is 81.3. The largest absolute Gasteiger partial charge is 0.300 e. The second-order valence-electron chi connectivity index (χ2n) is 2.51. The molecule has 0 aliphatic rings. The Kier molecular flexibility index (Phi) is 12.2. The van der Waals surface area contributed by atoms with E-state index >= 15 is 0 Å². The first-order chi connectivity index (χ1) is 4.27. The summed E-state index contributed by atoms with van der Waals surface area (Å²) >= 11 is 0. The van der Waals surface area contributed by atoms with E-state index in [-0.39, 0.29) is 21.7 Å². The standard InChI is InChI=1S/C8H16O.Ti/c1-3-4-5-6-7-8(2)9;/h3-7H2,1-2H3;. The quantitative estimate of drug-likeness (QED) is 0.464. The Hall–Kier alpha value is 0.384. The first kappa shape index (κ1) is 13.0. The fraction of sp³-hybridized carbons (Fsp3) is 0.875. The van der Waals surface area contributed by atoms with Gasteiger partial charge >= 0.3 is 0 Å². The van der Waals surface area contributed by atoms with E-state index in [0.717, 1.165) is 12.8 Å². The number of ketones is 1. The molecular weight excluding hydrogens is 160 g/mol. The zero-order valence-corrected chi connectivity index (χ0v) is 8.51. The van der Waals surface area contributed by atoms with E-state index in [1.807, 2.05) is 0 Å². The van der Waals surface area contributed by atoms with E-state index in [1.54, 1.807) is 6.92 Å². The van der Waals surface area contributed by atoms with Crippen LogP contribution in [0.15, 0.2) is 0 Å². The number of carbonyl (C=O) groups is 1. The van der Waals surface area contributed by atoms with E-state index in [9.17, 15) is 4.79 Å². The molecule has 1 nitrogen and oxygen atoms in total. The van der Waals surface area contributed by atoms with E-state index < -0.39 is 0 Å². The molecule has 0 atom stereocenters. The molecule has 0 saturated carbocycles. The number of carbonyl (C=O) groups excluding carboxylic acids is 1. The second-order valence-corrected chi connectivity index (χ2v) is 2.51. The fourth-order valence-corrected chi connectivity index (χ4v) is 0.801. The third-order valence-corrected chi connectivity index (χ3v) is 1.38. The van der Waals surface area contributed by atoms with Gasteiger partial charge in [-0.25, -0.2) is 0 Å². The van der Waals surface area contributed by atoms with Gasteiger partial charge in [0.05, 0.1) is 0 Å². The van der Waals surface area contributed by atoms with E-state index in [0.29, 0.717) is 5.78 Å². The number of hydrogen-bond acceptors (Lipinski definition) is 1. The van der Waals surface area contributed by atoms with Crippen LogP contribution in [-0.4, -0.2) is 5.78 Å². The molecule has 0 aromatic carbocycles. The van der Waals surface area contributed by atoms with Crippen LogP contribution in [0.25, 0.3) is 0 Å². The van der Waals surface area contributed by atoms with Crippen molar-refractivity contribution in [2.45, 2.75) is 46.0 Å². The normalized spacial score (nSPS) is 8.60. The van der Waals surface area contributed by atoms with Gasteiger partial charge in [0.2, 0.25) is 0 Å². The first-order valence-electron chi connectivity index (χ1n) is 3.76. The summed E-state index contributed by atoms with van der Waals surface area (Å²) in [5.41, 5.74) is 0. The number of unbranched alkanes of at least 4 members (excludes halogenated alkanes) is 3. The van der Waals surface area contributed by atoms with Crippen LogP contribution in [-0.2, 0) is 26.5 Å². The summed E-state index contributed by atoms with van der Waals surface area (Å²) in [6, 6.07) is 0. The third kappa shape index (κ3) is 11.2. The van der Waals surface area contributed by atoms with Crippen LogP contribution in [0.3, 0.4) is 0 Å². The summed E-state index contributed by atoms with van der Waals surface area (Å²) in [6.07, 6.45) is 5.60. The summed E-state index contributed by atoms with van der Waals surface area (Å²) in [5.74, 6) is 0.325. The Morgan fingerprint density at radius 2 is 1.80 bits per heavy atom. The maximum Gasteiger partial charge on any atom is 0.129 e. The fourth-order valence-electron chi connectivity index (χ4n) is 0.801. The maximum absolute atomic E-state index is 10.4. The van der Waals surface area contributed by atoms with Gasteiger partial charge in [-0.1, -0.05) is 26.2 Å². The van der Waals surface area contributed by atoms with Gasteiger partial charge < -0.3 is 4.79 Å². The predicted octanol–water partition coefficient (Wildman–Crippen LogP) is 2.54. The summed E-state index contributed by atoms with van der Waals surface area (Å²) in [7, 11) is 0. The zero-order valence-electron chi connectivity index (χ0n) is 6.94. The molecule has 58 valence electrons. The Balaban J connectivity index is 0. The molecule has 0 fully saturated rings. The van der Waals surface area contributed by atoms with Crippen molar-refractivity contribution in [2.75, 3.05) is 0 Å². The topological polar surface area (TPSA) is 17.1 Å². The van der Waals surface area contributed by atoms with E-state index in [4.69, 9.17) is 0 Å². The van der Waals surface area contributed by atoms with Crippen LogP contribution >= 0.6 is 0 Å². The molecule has 0 rings (SSSR count). The molecule has 2 heteroatoms. The Morgan fingerprint density at radius 3 is 2.20 bits per heavy atom. The summed E-state index contributed by atoms with van der Waals surface area (Å²) < 4.78 is 0. The molecule has 0 heterocycles. The molecular formula is C8H16OTi. The van der Waals surface area contributed by atoms with Gasteiger partial charge in [0.25, 0.3) is 0 Å². The minimum absolute atomic E-state index is 0. The van der Waals surface area contributed by atoms with Crippen LogP contribution in [0.4, 0.5) is 0 Å². The molecule has 0 amide bonds. The predicted molar refractivity (Wildman–Crippen MR) is 39.4 cm³/mol. The average Bonchev–Trinajstić information content (AvgIpc) is 1.80. The van der Waals surface area contributed by atoms with Crippen molar-refractivity contribution in [1.29, 1.82) is 0 Å². The molecule has 0 aromatic rings. The molecule has 0 bridgehead atoms. The van der Waals surface area contributed by atoms with Gasteiger partial charge in [-0.05, 0) is 13.3 Å². The minimum atomic E-state index is 0. The smallest absolute Gasteiger partial charge is 0.129 e. The Morgan fingerprint density at radius 1 is 1.20 bits per heavy atom. The van der Waals surface area contributed by atoms with Gasteiger partial charge in [-0.15, -0.1) is 0 Å². The van der Waals surface area contributed by atoms with Crippen molar-refractivity contribution in [3.8, 4) is 0 Å². The Labute approximate surface area is 78.5 Å². The van der Waals surface area contributed by atoms with Crippen LogP contribution in [0.2, 0.25) is 0 Å². The molecule has 0 saturated heterocycles. The molecule has 10 heavy (non-hydrogen) atoms. The first-order valence-corrected chi connectivity index (χ1v) is 3.76. The average molecular weight is 176 g/mol. The van der Waals surface area contributed by atoms with Crippen molar-refractivity contribution < 1.29 is 26.5 Å². The SMILES string of the molecule is CCCCCCC(C)=O.[Ti]. The van der Waals surface area contributed by atoms with Crippen molar-refractivity contribution >= 4 is 5.78 Å². The summed E-state index contributed by atoms with van der Waals surface area (Å²) in [5, 5.41) is 0. The van der Waals surface area contributed by atoms with Crippen molar-refractivity contribution in [3.05, 3.63) is 0 Å². The third-order valence-electron chi connectivity index (χ3n) is 1.38. The van der Waals surface area contributed by atoms with E-state index in [2.05, 4.69) is 6.92 Å². The van der Waals surface area contributed by atoms with Gasteiger partial charge in [-0.2, -0.15) is 0 Å². The maximum atomic E-state index is 10.4. The molecule has 0 unspecified atom stereocenters. The van der Waals surface area contributed by atoms with Crippen LogP contribution < -0.4 is 0 Å². The molecule has 0 aliphatic carbocycles. The summed E-state index contributed by atoms with van der Waals surface area (Å²) in [4.78, 5) is 10.4. The van der Waals surface area contributed by atoms with Crippen LogP contribution in [0, 0.1) is 0 Å². The van der Waals surface area contributed by atoms with E-state index in [1.165, 1.54) is 19.3 Å². The molecule has 0 N–H and O–H groups in total. The van der Waals surface area contributed by atoms with Gasteiger partial charge in [0, 0.05) is 28.1 Å². The minimum Gasteiger partial charge on any atom is -0.300 e. The van der Waals surface area contributed by atoms with Gasteiger partial charge in [-0.3, -0.25) is 0 Å². The van der Waals surface area contributed by atoms with Crippen LogP contribution in [0.5, 0.6) is 0 Å². The number of hydrogen-bond donors (Lipinski definition) is 0. The summed E-state index contributed by atoms with van der Waals surface area (Å²) in [6.45, 7) is 3.83.